The van der Waals surface area contributed by atoms with Crippen molar-refractivity contribution in [2.75, 3.05) is 21.3 Å². The molecule has 1 aliphatic rings. The van der Waals surface area contributed by atoms with Crippen LogP contribution >= 0.6 is 0 Å². The first-order valence-corrected chi connectivity index (χ1v) is 31.6. The average molecular weight is 1260 g/mol. The number of nitrogens with one attached hydrogen (secondary N) is 4. The van der Waals surface area contributed by atoms with Crippen molar-refractivity contribution in [3.8, 4) is 45.8 Å². The Balaban J connectivity index is 0.000000107. The van der Waals surface area contributed by atoms with Crippen LogP contribution < -0.4 is 32.0 Å². The Morgan fingerprint density at radius 2 is 0.505 bits per heavy atom. The van der Waals surface area contributed by atoms with Gasteiger partial charge in [-0.1, -0.05) is 146 Å². The van der Waals surface area contributed by atoms with Gasteiger partial charge in [0.1, 0.15) is 22.1 Å². The number of fused-ring (bicyclic) bond motifs is 5. The van der Waals surface area contributed by atoms with E-state index in [2.05, 4.69) is 64.4 Å². The molecular weight excluding hydrogens is 1200 g/mol. The van der Waals surface area contributed by atoms with Gasteiger partial charge >= 0.3 is 0 Å². The SMILES string of the molecule is c1cc(Nc2ccc(-c3nc4ccccc4o3)cc2)cc(-c2nc3ccccc3o2)c1.c1ccc(Nc2ccc(-c3nc4ccccc4o3)cc2)cc1.c1ccc(Nc2ccc3c(c2)=NC(c2ccccc2)N=3)cc1.c1ccc(Nc2cccc(-c3nc4ccccc4o3)c2)cc1. The number of hydrogen-bond acceptors (Lipinski definition) is 14. The minimum absolute atomic E-state index is 0.122. The molecule has 1 aliphatic heterocycles. The Morgan fingerprint density at radius 1 is 0.216 bits per heavy atom. The first-order chi connectivity index (χ1) is 48.0. The summed E-state index contributed by atoms with van der Waals surface area (Å²) in [5.41, 5.74) is 19.7. The average Bonchev–Trinajstić information content (AvgIpc) is 1.73. The summed E-state index contributed by atoms with van der Waals surface area (Å²) >= 11 is 0. The Kier molecular flexibility index (Phi) is 17.4. The first kappa shape index (κ1) is 59.8. The third kappa shape index (κ3) is 14.6. The monoisotopic (exact) mass is 1260 g/mol. The van der Waals surface area contributed by atoms with Gasteiger partial charge in [0.05, 0.1) is 10.7 Å². The lowest BCUT2D eigenvalue weighted by molar-refractivity contribution is 0.619. The summed E-state index contributed by atoms with van der Waals surface area (Å²) < 4.78 is 23.3. The molecule has 0 amide bonds. The van der Waals surface area contributed by atoms with E-state index in [4.69, 9.17) is 22.7 Å². The van der Waals surface area contributed by atoms with E-state index in [0.29, 0.717) is 23.6 Å². The van der Waals surface area contributed by atoms with Crippen molar-refractivity contribution in [2.45, 2.75) is 6.17 Å². The Morgan fingerprint density at radius 3 is 0.887 bits per heavy atom. The topological polar surface area (TPSA) is 177 Å². The van der Waals surface area contributed by atoms with Crippen molar-refractivity contribution in [2.24, 2.45) is 9.98 Å². The van der Waals surface area contributed by atoms with Gasteiger partial charge in [-0.15, -0.1) is 0 Å². The molecule has 97 heavy (non-hydrogen) atoms. The molecule has 1 unspecified atom stereocenters. The summed E-state index contributed by atoms with van der Waals surface area (Å²) in [5.74, 6) is 2.51. The van der Waals surface area contributed by atoms with Crippen molar-refractivity contribution in [3.63, 3.8) is 0 Å². The third-order valence-corrected chi connectivity index (χ3v) is 15.7. The highest BCUT2D eigenvalue weighted by Gasteiger charge is 2.15. The van der Waals surface area contributed by atoms with Gasteiger partial charge in [0.25, 0.3) is 0 Å². The molecule has 0 saturated carbocycles. The van der Waals surface area contributed by atoms with Crippen LogP contribution in [0.5, 0.6) is 0 Å². The summed E-state index contributed by atoms with van der Waals surface area (Å²) in [6, 6.07) is 110. The Hall–Kier alpha value is -13.5. The van der Waals surface area contributed by atoms with Crippen LogP contribution in [0.15, 0.2) is 361 Å². The molecule has 0 bridgehead atoms. The standard InChI is InChI=1S/C26H17N3O2.C19H15N3.2C19H14N2O/c1-3-10-23-21(8-1)28-25(30-23)17-12-14-19(15-13-17)27-20-7-5-6-18(16-20)26-29-22-9-2-4-11-24(22)31-26;1-3-7-14(8-4-1)19-21-17-12-11-16(13-18(17)22-19)20-15-9-5-2-6-10-15;1-2-8-15(9-3-1)20-16-10-6-7-14(13-16)19-21-17-11-4-5-12-18(17)22-19;1-2-6-15(7-3-1)20-16-12-10-14(11-13-16)19-21-17-8-4-5-9-18(17)22-19/h1-16,27H;1-13,19-20H;2*1-13,20H. The summed E-state index contributed by atoms with van der Waals surface area (Å²) in [5, 5.41) is 15.4. The second-order valence-electron chi connectivity index (χ2n) is 22.6. The van der Waals surface area contributed by atoms with Crippen LogP contribution in [0.4, 0.5) is 45.5 Å². The number of rotatable bonds is 13. The van der Waals surface area contributed by atoms with E-state index in [9.17, 15) is 0 Å². The number of oxazole rings is 4. The number of anilines is 8. The maximum absolute atomic E-state index is 5.89. The van der Waals surface area contributed by atoms with Crippen molar-refractivity contribution in [3.05, 3.63) is 350 Å². The van der Waals surface area contributed by atoms with Crippen molar-refractivity contribution < 1.29 is 17.7 Å². The zero-order valence-corrected chi connectivity index (χ0v) is 52.1. The first-order valence-electron chi connectivity index (χ1n) is 31.6. The predicted molar refractivity (Wildman–Crippen MR) is 388 cm³/mol. The van der Waals surface area contributed by atoms with Crippen LogP contribution in [-0.4, -0.2) is 19.9 Å². The fourth-order valence-corrected chi connectivity index (χ4v) is 10.9. The summed E-state index contributed by atoms with van der Waals surface area (Å²) in [6.07, 6.45) is -0.122. The number of nitrogens with zero attached hydrogens (tertiary/aromatic N) is 6. The van der Waals surface area contributed by atoms with E-state index in [-0.39, 0.29) is 6.17 Å². The van der Waals surface area contributed by atoms with Gasteiger partial charge in [-0.2, -0.15) is 0 Å². The molecule has 0 radical (unpaired) electrons. The van der Waals surface area contributed by atoms with Crippen molar-refractivity contribution >= 4 is 89.9 Å². The summed E-state index contributed by atoms with van der Waals surface area (Å²) in [4.78, 5) is 27.6. The smallest absolute Gasteiger partial charge is 0.227 e. The molecule has 466 valence electrons. The fraction of sp³-hybridized carbons (Fsp3) is 0.0120. The lowest BCUT2D eigenvalue weighted by Crippen LogP contribution is -2.21. The molecule has 4 aromatic heterocycles. The van der Waals surface area contributed by atoms with Gasteiger partial charge in [0, 0.05) is 67.8 Å². The maximum Gasteiger partial charge on any atom is 0.227 e. The summed E-state index contributed by atoms with van der Waals surface area (Å²) in [6.45, 7) is 0. The van der Waals surface area contributed by atoms with Gasteiger partial charge < -0.3 is 38.9 Å². The molecule has 0 saturated heterocycles. The molecule has 14 nitrogen and oxygen atoms in total. The molecular formula is C83H60N10O4. The van der Waals surface area contributed by atoms with Crippen LogP contribution in [0, 0.1) is 0 Å². The zero-order valence-electron chi connectivity index (χ0n) is 52.1. The van der Waals surface area contributed by atoms with Crippen LogP contribution in [0.25, 0.3) is 90.2 Å². The molecule has 0 aliphatic carbocycles. The Labute approximate surface area is 557 Å². The Bertz CT molecular complexity index is 5480. The number of benzene rings is 13. The van der Waals surface area contributed by atoms with Crippen LogP contribution in [0.1, 0.15) is 11.7 Å². The lowest BCUT2D eigenvalue weighted by Gasteiger charge is -2.08. The van der Waals surface area contributed by atoms with E-state index < -0.39 is 0 Å². The largest absolute Gasteiger partial charge is 0.436 e. The molecule has 14 heteroatoms. The van der Waals surface area contributed by atoms with Gasteiger partial charge in [-0.3, -0.25) is 9.98 Å². The van der Waals surface area contributed by atoms with E-state index in [1.54, 1.807) is 0 Å². The molecule has 0 fully saturated rings. The molecule has 17 aromatic rings. The second kappa shape index (κ2) is 28.2. The fourth-order valence-electron chi connectivity index (χ4n) is 10.9. The highest BCUT2D eigenvalue weighted by atomic mass is 16.4. The molecule has 0 spiro atoms. The van der Waals surface area contributed by atoms with E-state index in [0.717, 1.165) is 128 Å². The molecule has 18 rings (SSSR count). The highest BCUT2D eigenvalue weighted by molar-refractivity contribution is 5.81. The minimum Gasteiger partial charge on any atom is -0.436 e. The molecule has 13 aromatic carbocycles. The third-order valence-electron chi connectivity index (χ3n) is 15.7. The van der Waals surface area contributed by atoms with Crippen molar-refractivity contribution in [1.29, 1.82) is 0 Å². The van der Waals surface area contributed by atoms with Gasteiger partial charge in [0.15, 0.2) is 28.5 Å². The lowest BCUT2D eigenvalue weighted by atomic mass is 10.1. The normalized spacial score (nSPS) is 12.0. The quantitative estimate of drug-likeness (QED) is 0.0860. The van der Waals surface area contributed by atoms with Crippen LogP contribution in [0.2, 0.25) is 0 Å². The predicted octanol–water partition coefficient (Wildman–Crippen LogP) is 20.9. The number of hydrogen-bond donors (Lipinski definition) is 4. The minimum atomic E-state index is -0.122. The number of aromatic nitrogens is 4. The molecule has 5 heterocycles. The van der Waals surface area contributed by atoms with E-state index >= 15 is 0 Å². The molecule has 1 atom stereocenters. The highest BCUT2D eigenvalue weighted by Crippen LogP contribution is 2.32. The maximum atomic E-state index is 5.89. The van der Waals surface area contributed by atoms with Gasteiger partial charge in [-0.25, -0.2) is 19.9 Å². The van der Waals surface area contributed by atoms with Crippen molar-refractivity contribution in [1.82, 2.24) is 19.9 Å². The van der Waals surface area contributed by atoms with Crippen LogP contribution in [-0.2, 0) is 0 Å². The van der Waals surface area contributed by atoms with Gasteiger partial charge in [-0.05, 0) is 194 Å². The van der Waals surface area contributed by atoms with Crippen LogP contribution in [0.3, 0.4) is 0 Å². The van der Waals surface area contributed by atoms with E-state index in [1.165, 1.54) is 0 Å². The zero-order chi connectivity index (χ0) is 65.0. The second-order valence-corrected chi connectivity index (χ2v) is 22.6. The summed E-state index contributed by atoms with van der Waals surface area (Å²) in [7, 11) is 0. The molecule has 4 N–H and O–H groups in total. The van der Waals surface area contributed by atoms with E-state index in [1.807, 2.05) is 315 Å². The number of para-hydroxylation sites is 11. The van der Waals surface area contributed by atoms with Gasteiger partial charge in [0.2, 0.25) is 23.6 Å².